The Morgan fingerprint density at radius 2 is 2.04 bits per heavy atom. The second kappa shape index (κ2) is 6.57. The lowest BCUT2D eigenvalue weighted by Gasteiger charge is -2.01. The monoisotopic (exact) mass is 372 g/mol. The van der Waals surface area contributed by atoms with Crippen molar-refractivity contribution in [3.63, 3.8) is 0 Å². The molecule has 0 saturated carbocycles. The number of hydrogen-bond donors (Lipinski definition) is 1. The van der Waals surface area contributed by atoms with E-state index in [2.05, 4.69) is 20.7 Å². The van der Waals surface area contributed by atoms with Crippen molar-refractivity contribution in [2.24, 2.45) is 0 Å². The van der Waals surface area contributed by atoms with E-state index in [9.17, 15) is 9.59 Å². The molecule has 1 N–H and O–H groups in total. The quantitative estimate of drug-likeness (QED) is 0.572. The lowest BCUT2D eigenvalue weighted by atomic mass is 10.3. The fraction of sp³-hybridized carbons (Fsp3) is 0.133. The van der Waals surface area contributed by atoms with Gasteiger partial charge in [0, 0.05) is 0 Å². The van der Waals surface area contributed by atoms with Crippen molar-refractivity contribution in [1.29, 1.82) is 0 Å². The second-order valence-corrected chi connectivity index (χ2v) is 7.18. The number of carbonyl (C=O) groups excluding carboxylic acids is 1. The predicted molar refractivity (Wildman–Crippen MR) is 95.0 cm³/mol. The van der Waals surface area contributed by atoms with E-state index in [4.69, 9.17) is 0 Å². The van der Waals surface area contributed by atoms with Crippen molar-refractivity contribution in [3.8, 4) is 5.00 Å². The molecule has 10 heteroatoms. The van der Waals surface area contributed by atoms with Gasteiger partial charge in [0.25, 0.3) is 0 Å². The predicted octanol–water partition coefficient (Wildman–Crippen LogP) is 1.42. The van der Waals surface area contributed by atoms with Gasteiger partial charge in [0.1, 0.15) is 16.6 Å². The third kappa shape index (κ3) is 3.21. The number of amides is 1. The van der Waals surface area contributed by atoms with E-state index >= 15 is 0 Å². The molecule has 4 rings (SSSR count). The number of thiazole rings is 1. The van der Waals surface area contributed by atoms with E-state index in [0.717, 1.165) is 19.9 Å². The molecular formula is C15H12N6O2S2. The number of rotatable bonds is 5. The fourth-order valence-corrected chi connectivity index (χ4v) is 3.84. The minimum Gasteiger partial charge on any atom is -0.348 e. The van der Waals surface area contributed by atoms with Gasteiger partial charge in [-0.3, -0.25) is 4.79 Å². The molecule has 1 aromatic carbocycles. The van der Waals surface area contributed by atoms with Crippen molar-refractivity contribution in [1.82, 2.24) is 30.1 Å². The van der Waals surface area contributed by atoms with Gasteiger partial charge >= 0.3 is 5.69 Å². The first-order chi connectivity index (χ1) is 12.2. The standard InChI is InChI=1S/C15H12N6O2S2/c22-12(16-8-13-17-10-4-1-2-5-11(10)25-13)9-20-15(23)21(19-18-20)14-6-3-7-24-14/h1-7H,8-9H2,(H,16,22). The molecule has 0 spiro atoms. The molecule has 0 unspecified atom stereocenters. The van der Waals surface area contributed by atoms with Crippen molar-refractivity contribution >= 4 is 38.8 Å². The van der Waals surface area contributed by atoms with Gasteiger partial charge in [-0.15, -0.1) is 22.7 Å². The lowest BCUT2D eigenvalue weighted by molar-refractivity contribution is -0.122. The normalized spacial score (nSPS) is 11.0. The Balaban J connectivity index is 1.41. The minimum atomic E-state index is -0.447. The van der Waals surface area contributed by atoms with Crippen LogP contribution < -0.4 is 11.0 Å². The molecule has 0 radical (unpaired) electrons. The third-order valence-corrected chi connectivity index (χ3v) is 5.30. The molecule has 0 saturated heterocycles. The first kappa shape index (κ1) is 15.7. The SMILES string of the molecule is O=C(Cn1nnn(-c2cccs2)c1=O)NCc1nc2ccccc2s1. The highest BCUT2D eigenvalue weighted by Gasteiger charge is 2.13. The Morgan fingerprint density at radius 1 is 1.16 bits per heavy atom. The molecule has 0 atom stereocenters. The molecular weight excluding hydrogens is 360 g/mol. The van der Waals surface area contributed by atoms with Gasteiger partial charge < -0.3 is 5.32 Å². The molecule has 0 aliphatic heterocycles. The minimum absolute atomic E-state index is 0.185. The summed E-state index contributed by atoms with van der Waals surface area (Å²) in [5.41, 5.74) is 0.462. The van der Waals surface area contributed by atoms with Crippen LogP contribution in [0.5, 0.6) is 0 Å². The van der Waals surface area contributed by atoms with Crippen LogP contribution in [0.1, 0.15) is 5.01 Å². The average molecular weight is 372 g/mol. The van der Waals surface area contributed by atoms with Gasteiger partial charge in [0.15, 0.2) is 0 Å². The largest absolute Gasteiger partial charge is 0.369 e. The van der Waals surface area contributed by atoms with Gasteiger partial charge in [-0.2, -0.15) is 9.36 Å². The van der Waals surface area contributed by atoms with Crippen LogP contribution in [0.2, 0.25) is 0 Å². The summed E-state index contributed by atoms with van der Waals surface area (Å²) in [5.74, 6) is -0.320. The van der Waals surface area contributed by atoms with Crippen molar-refractivity contribution in [2.45, 2.75) is 13.1 Å². The average Bonchev–Trinajstić information content (AvgIpc) is 3.33. The van der Waals surface area contributed by atoms with Gasteiger partial charge in [-0.05, 0) is 40.1 Å². The van der Waals surface area contributed by atoms with Crippen molar-refractivity contribution < 1.29 is 4.79 Å². The summed E-state index contributed by atoms with van der Waals surface area (Å²) >= 11 is 2.90. The summed E-state index contributed by atoms with van der Waals surface area (Å²) in [6, 6.07) is 11.4. The molecule has 4 aromatic rings. The van der Waals surface area contributed by atoms with Gasteiger partial charge in [-0.25, -0.2) is 9.78 Å². The zero-order valence-corrected chi connectivity index (χ0v) is 14.5. The van der Waals surface area contributed by atoms with Gasteiger partial charge in [-0.1, -0.05) is 12.1 Å². The molecule has 25 heavy (non-hydrogen) atoms. The van der Waals surface area contributed by atoms with Crippen LogP contribution in [0.25, 0.3) is 15.2 Å². The number of nitrogens with one attached hydrogen (secondary N) is 1. The van der Waals surface area contributed by atoms with Crippen LogP contribution in [0.4, 0.5) is 0 Å². The topological polar surface area (TPSA) is 94.7 Å². The fourth-order valence-electron chi connectivity index (χ4n) is 2.26. The Labute approximate surface area is 149 Å². The van der Waals surface area contributed by atoms with Crippen LogP contribution in [0.3, 0.4) is 0 Å². The van der Waals surface area contributed by atoms with E-state index in [1.165, 1.54) is 27.4 Å². The maximum atomic E-state index is 12.2. The van der Waals surface area contributed by atoms with E-state index < -0.39 is 5.69 Å². The summed E-state index contributed by atoms with van der Waals surface area (Å²) in [6.07, 6.45) is 0. The summed E-state index contributed by atoms with van der Waals surface area (Å²) in [6.45, 7) is 0.126. The first-order valence-corrected chi connectivity index (χ1v) is 9.08. The molecule has 126 valence electrons. The number of hydrogen-bond acceptors (Lipinski definition) is 7. The van der Waals surface area contributed by atoms with Crippen molar-refractivity contribution in [2.75, 3.05) is 0 Å². The van der Waals surface area contributed by atoms with Gasteiger partial charge in [0.05, 0.1) is 16.8 Å². The highest BCUT2D eigenvalue weighted by atomic mass is 32.1. The summed E-state index contributed by atoms with van der Waals surface area (Å²) in [4.78, 5) is 28.7. The molecule has 3 aromatic heterocycles. The van der Waals surface area contributed by atoms with E-state index in [0.29, 0.717) is 11.5 Å². The van der Waals surface area contributed by atoms with Crippen LogP contribution in [-0.2, 0) is 17.9 Å². The number of thiophene rings is 1. The number of fused-ring (bicyclic) bond motifs is 1. The molecule has 3 heterocycles. The van der Waals surface area contributed by atoms with Crippen LogP contribution in [0.15, 0.2) is 46.6 Å². The molecule has 1 amide bonds. The second-order valence-electron chi connectivity index (χ2n) is 5.13. The van der Waals surface area contributed by atoms with E-state index in [1.54, 1.807) is 6.07 Å². The van der Waals surface area contributed by atoms with E-state index in [-0.39, 0.29) is 12.5 Å². The zero-order valence-electron chi connectivity index (χ0n) is 12.8. The summed E-state index contributed by atoms with van der Waals surface area (Å²) < 4.78 is 3.28. The Kier molecular flexibility index (Phi) is 4.12. The molecule has 8 nitrogen and oxygen atoms in total. The first-order valence-electron chi connectivity index (χ1n) is 7.38. The highest BCUT2D eigenvalue weighted by Crippen LogP contribution is 2.21. The number of nitrogens with zero attached hydrogens (tertiary/aromatic N) is 5. The molecule has 0 aliphatic rings. The summed E-state index contributed by atoms with van der Waals surface area (Å²) in [7, 11) is 0. The van der Waals surface area contributed by atoms with E-state index in [1.807, 2.05) is 35.7 Å². The molecule has 0 aliphatic carbocycles. The maximum Gasteiger partial charge on any atom is 0.369 e. The number of benzene rings is 1. The Bertz CT molecular complexity index is 1050. The third-order valence-electron chi connectivity index (χ3n) is 3.42. The Morgan fingerprint density at radius 3 is 2.84 bits per heavy atom. The maximum absolute atomic E-state index is 12.2. The van der Waals surface area contributed by atoms with Crippen LogP contribution in [-0.4, -0.2) is 30.7 Å². The lowest BCUT2D eigenvalue weighted by Crippen LogP contribution is -2.33. The highest BCUT2D eigenvalue weighted by molar-refractivity contribution is 7.18. The summed E-state index contributed by atoms with van der Waals surface area (Å²) in [5, 5.41) is 13.6. The molecule has 0 bridgehead atoms. The van der Waals surface area contributed by atoms with Gasteiger partial charge in [0.2, 0.25) is 5.91 Å². The number of para-hydroxylation sites is 1. The Hall–Kier alpha value is -2.85. The number of aromatic nitrogens is 5. The van der Waals surface area contributed by atoms with Crippen LogP contribution >= 0.6 is 22.7 Å². The molecule has 0 fully saturated rings. The number of tetrazole rings is 1. The smallest absolute Gasteiger partial charge is 0.348 e. The van der Waals surface area contributed by atoms with Crippen molar-refractivity contribution in [3.05, 3.63) is 57.3 Å². The van der Waals surface area contributed by atoms with Crippen LogP contribution in [0, 0.1) is 0 Å². The number of carbonyl (C=O) groups is 1. The zero-order chi connectivity index (χ0) is 17.2.